The van der Waals surface area contributed by atoms with Crippen molar-refractivity contribution in [2.24, 2.45) is 4.99 Å². The number of ether oxygens (including phenoxy) is 1. The van der Waals surface area contributed by atoms with Crippen molar-refractivity contribution in [2.45, 2.75) is 19.9 Å². The number of benzene rings is 2. The van der Waals surface area contributed by atoms with Gasteiger partial charge in [-0.15, -0.1) is 24.0 Å². The van der Waals surface area contributed by atoms with Gasteiger partial charge in [0.25, 0.3) is 0 Å². The van der Waals surface area contributed by atoms with Crippen molar-refractivity contribution < 1.29 is 4.74 Å². The SMILES string of the molecule is CN=C(NCCc1ccc(C)c(OC)c1)NCc1nccc2ccccc12.I. The van der Waals surface area contributed by atoms with Gasteiger partial charge in [0.15, 0.2) is 5.96 Å². The molecule has 6 heteroatoms. The first-order chi connectivity index (χ1) is 13.2. The second-order valence-electron chi connectivity index (χ2n) is 6.39. The van der Waals surface area contributed by atoms with Crippen LogP contribution in [0, 0.1) is 6.92 Å². The van der Waals surface area contributed by atoms with E-state index in [1.165, 1.54) is 10.9 Å². The maximum atomic E-state index is 5.39. The number of halogens is 1. The van der Waals surface area contributed by atoms with Gasteiger partial charge < -0.3 is 15.4 Å². The highest BCUT2D eigenvalue weighted by atomic mass is 127. The van der Waals surface area contributed by atoms with Crippen LogP contribution in [0.4, 0.5) is 0 Å². The Bertz CT molecular complexity index is 937. The molecule has 0 unspecified atom stereocenters. The fourth-order valence-electron chi connectivity index (χ4n) is 3.06. The van der Waals surface area contributed by atoms with E-state index < -0.39 is 0 Å². The molecule has 148 valence electrons. The van der Waals surface area contributed by atoms with Gasteiger partial charge >= 0.3 is 0 Å². The molecule has 0 aliphatic rings. The smallest absolute Gasteiger partial charge is 0.191 e. The van der Waals surface area contributed by atoms with Gasteiger partial charge in [0.05, 0.1) is 19.3 Å². The molecule has 5 nitrogen and oxygen atoms in total. The summed E-state index contributed by atoms with van der Waals surface area (Å²) in [7, 11) is 3.48. The molecule has 0 fully saturated rings. The highest BCUT2D eigenvalue weighted by molar-refractivity contribution is 14.0. The number of aliphatic imine (C=N–C) groups is 1. The molecule has 0 saturated heterocycles. The van der Waals surface area contributed by atoms with Gasteiger partial charge in [-0.05, 0) is 42.0 Å². The van der Waals surface area contributed by atoms with E-state index in [4.69, 9.17) is 4.74 Å². The molecule has 0 aliphatic heterocycles. The number of nitrogens with zero attached hydrogens (tertiary/aromatic N) is 2. The van der Waals surface area contributed by atoms with Crippen molar-refractivity contribution in [2.75, 3.05) is 20.7 Å². The normalized spacial score (nSPS) is 11.0. The third-order valence-electron chi connectivity index (χ3n) is 4.58. The van der Waals surface area contributed by atoms with Gasteiger partial charge in [-0.1, -0.05) is 36.4 Å². The van der Waals surface area contributed by atoms with E-state index in [2.05, 4.69) is 50.9 Å². The van der Waals surface area contributed by atoms with E-state index in [0.29, 0.717) is 6.54 Å². The second kappa shape index (κ2) is 10.8. The molecule has 0 saturated carbocycles. The average Bonchev–Trinajstić information content (AvgIpc) is 2.71. The first-order valence-corrected chi connectivity index (χ1v) is 9.12. The zero-order valence-electron chi connectivity index (χ0n) is 16.5. The Hall–Kier alpha value is -2.35. The van der Waals surface area contributed by atoms with Gasteiger partial charge in [-0.3, -0.25) is 9.98 Å². The number of fused-ring (bicyclic) bond motifs is 1. The molecule has 0 amide bonds. The topological polar surface area (TPSA) is 58.5 Å². The minimum atomic E-state index is 0. The zero-order valence-corrected chi connectivity index (χ0v) is 18.9. The Kier molecular flexibility index (Phi) is 8.50. The predicted molar refractivity (Wildman–Crippen MR) is 127 cm³/mol. The van der Waals surface area contributed by atoms with Crippen LogP contribution < -0.4 is 15.4 Å². The van der Waals surface area contributed by atoms with Crippen LogP contribution in [0.5, 0.6) is 5.75 Å². The zero-order chi connectivity index (χ0) is 19.1. The molecular weight excluding hydrogens is 463 g/mol. The van der Waals surface area contributed by atoms with Crippen LogP contribution in [0.1, 0.15) is 16.8 Å². The van der Waals surface area contributed by atoms with Crippen LogP contribution in [0.2, 0.25) is 0 Å². The van der Waals surface area contributed by atoms with E-state index in [0.717, 1.165) is 41.3 Å². The number of aryl methyl sites for hydroxylation is 1. The Balaban J connectivity index is 0.00000280. The molecule has 1 heterocycles. The molecule has 0 aliphatic carbocycles. The molecule has 1 aromatic heterocycles. The fourth-order valence-corrected chi connectivity index (χ4v) is 3.06. The number of aromatic nitrogens is 1. The lowest BCUT2D eigenvalue weighted by molar-refractivity contribution is 0.411. The van der Waals surface area contributed by atoms with Crippen LogP contribution in [-0.4, -0.2) is 31.6 Å². The summed E-state index contributed by atoms with van der Waals surface area (Å²) in [6.07, 6.45) is 2.74. The highest BCUT2D eigenvalue weighted by Gasteiger charge is 2.04. The van der Waals surface area contributed by atoms with Crippen LogP contribution in [-0.2, 0) is 13.0 Å². The van der Waals surface area contributed by atoms with Crippen LogP contribution >= 0.6 is 24.0 Å². The van der Waals surface area contributed by atoms with Crippen molar-refractivity contribution >= 4 is 40.7 Å². The molecule has 3 aromatic rings. The molecule has 28 heavy (non-hydrogen) atoms. The van der Waals surface area contributed by atoms with Gasteiger partial charge in [0.1, 0.15) is 5.75 Å². The first kappa shape index (κ1) is 21.9. The number of hydrogen-bond acceptors (Lipinski definition) is 3. The quantitative estimate of drug-likeness (QED) is 0.311. The summed E-state index contributed by atoms with van der Waals surface area (Å²) in [6, 6.07) is 16.6. The lowest BCUT2D eigenvalue weighted by Crippen LogP contribution is -2.38. The van der Waals surface area contributed by atoms with E-state index in [9.17, 15) is 0 Å². The number of hydrogen-bond donors (Lipinski definition) is 2. The maximum absolute atomic E-state index is 5.39. The van der Waals surface area contributed by atoms with Crippen molar-refractivity contribution in [3.63, 3.8) is 0 Å². The minimum absolute atomic E-state index is 0. The Morgan fingerprint density at radius 3 is 2.71 bits per heavy atom. The number of nitrogens with one attached hydrogen (secondary N) is 2. The summed E-state index contributed by atoms with van der Waals surface area (Å²) in [5, 5.41) is 9.06. The van der Waals surface area contributed by atoms with E-state index >= 15 is 0 Å². The van der Waals surface area contributed by atoms with Gasteiger partial charge in [-0.2, -0.15) is 0 Å². The Labute approximate surface area is 183 Å². The number of rotatable bonds is 6. The standard InChI is InChI=1S/C22H26N4O.HI/c1-16-8-9-17(14-21(16)27-3)10-12-25-22(23-2)26-15-20-19-7-5-4-6-18(19)11-13-24-20;/h4-9,11,13-14H,10,12,15H2,1-3H3,(H2,23,25,26);1H. The first-order valence-electron chi connectivity index (χ1n) is 9.12. The molecule has 0 bridgehead atoms. The average molecular weight is 490 g/mol. The van der Waals surface area contributed by atoms with Crippen molar-refractivity contribution in [1.82, 2.24) is 15.6 Å². The minimum Gasteiger partial charge on any atom is -0.496 e. The summed E-state index contributed by atoms with van der Waals surface area (Å²) < 4.78 is 5.39. The number of guanidine groups is 1. The lowest BCUT2D eigenvalue weighted by Gasteiger charge is -2.13. The predicted octanol–water partition coefficient (Wildman–Crippen LogP) is 4.08. The number of methoxy groups -OCH3 is 1. The van der Waals surface area contributed by atoms with Crippen LogP contribution in [0.15, 0.2) is 59.7 Å². The molecule has 2 N–H and O–H groups in total. The molecular formula is C22H27IN4O. The third kappa shape index (κ3) is 5.58. The van der Waals surface area contributed by atoms with Crippen molar-refractivity contribution in [3.8, 4) is 5.75 Å². The van der Waals surface area contributed by atoms with Crippen LogP contribution in [0.3, 0.4) is 0 Å². The highest BCUT2D eigenvalue weighted by Crippen LogP contribution is 2.19. The van der Waals surface area contributed by atoms with E-state index in [-0.39, 0.29) is 24.0 Å². The van der Waals surface area contributed by atoms with Crippen molar-refractivity contribution in [3.05, 3.63) is 71.5 Å². The van der Waals surface area contributed by atoms with E-state index in [1.807, 2.05) is 31.3 Å². The molecule has 0 spiro atoms. The lowest BCUT2D eigenvalue weighted by atomic mass is 10.1. The van der Waals surface area contributed by atoms with E-state index in [1.54, 1.807) is 14.2 Å². The summed E-state index contributed by atoms with van der Waals surface area (Å²) >= 11 is 0. The summed E-state index contributed by atoms with van der Waals surface area (Å²) in [4.78, 5) is 8.81. The van der Waals surface area contributed by atoms with Gasteiger partial charge in [0, 0.05) is 25.2 Å². The summed E-state index contributed by atoms with van der Waals surface area (Å²) in [5.74, 6) is 1.70. The summed E-state index contributed by atoms with van der Waals surface area (Å²) in [6.45, 7) is 3.46. The van der Waals surface area contributed by atoms with Crippen LogP contribution in [0.25, 0.3) is 10.8 Å². The van der Waals surface area contributed by atoms with Gasteiger partial charge in [-0.25, -0.2) is 0 Å². The van der Waals surface area contributed by atoms with Crippen molar-refractivity contribution in [1.29, 1.82) is 0 Å². The Morgan fingerprint density at radius 2 is 1.93 bits per heavy atom. The maximum Gasteiger partial charge on any atom is 0.191 e. The largest absolute Gasteiger partial charge is 0.496 e. The summed E-state index contributed by atoms with van der Waals surface area (Å²) in [5.41, 5.74) is 3.39. The third-order valence-corrected chi connectivity index (χ3v) is 4.58. The molecule has 0 atom stereocenters. The fraction of sp³-hybridized carbons (Fsp3) is 0.273. The second-order valence-corrected chi connectivity index (χ2v) is 6.39. The molecule has 2 aromatic carbocycles. The molecule has 3 rings (SSSR count). The monoisotopic (exact) mass is 490 g/mol. The molecule has 0 radical (unpaired) electrons. The van der Waals surface area contributed by atoms with Gasteiger partial charge in [0.2, 0.25) is 0 Å². The Morgan fingerprint density at radius 1 is 1.11 bits per heavy atom. The number of pyridine rings is 1.